The van der Waals surface area contributed by atoms with E-state index >= 15 is 0 Å². The van der Waals surface area contributed by atoms with Gasteiger partial charge in [-0.3, -0.25) is 14.5 Å². The molecule has 114 valence electrons. The highest BCUT2D eigenvalue weighted by Gasteiger charge is 2.23. The Kier molecular flexibility index (Phi) is 5.27. The van der Waals surface area contributed by atoms with E-state index in [0.29, 0.717) is 11.6 Å². The van der Waals surface area contributed by atoms with Crippen LogP contribution in [0.1, 0.15) is 18.4 Å². The number of carbonyl (C=O) groups excluding carboxylic acids is 2. The molecule has 0 saturated heterocycles. The van der Waals surface area contributed by atoms with Crippen LogP contribution in [0.3, 0.4) is 0 Å². The summed E-state index contributed by atoms with van der Waals surface area (Å²) in [5.74, 6) is -0.642. The molecule has 0 heterocycles. The van der Waals surface area contributed by atoms with E-state index in [-0.39, 0.29) is 37.3 Å². The maximum absolute atomic E-state index is 13.4. The van der Waals surface area contributed by atoms with Gasteiger partial charge in [0.2, 0.25) is 11.8 Å². The first-order valence-corrected chi connectivity index (χ1v) is 7.02. The van der Waals surface area contributed by atoms with Crippen molar-refractivity contribution < 1.29 is 14.0 Å². The summed E-state index contributed by atoms with van der Waals surface area (Å²) in [4.78, 5) is 25.0. The Hall–Kier alpha value is -1.95. The van der Waals surface area contributed by atoms with E-state index in [1.807, 2.05) is 0 Å². The van der Waals surface area contributed by atoms with Gasteiger partial charge < -0.3 is 10.6 Å². The number of nitrogens with one attached hydrogen (secondary N) is 2. The van der Waals surface area contributed by atoms with Gasteiger partial charge in [0.25, 0.3) is 0 Å². The molecule has 0 bridgehead atoms. The van der Waals surface area contributed by atoms with Gasteiger partial charge in [-0.25, -0.2) is 4.39 Å². The van der Waals surface area contributed by atoms with Gasteiger partial charge in [0, 0.05) is 18.2 Å². The van der Waals surface area contributed by atoms with Gasteiger partial charge in [0.05, 0.1) is 13.1 Å². The van der Waals surface area contributed by atoms with E-state index < -0.39 is 0 Å². The van der Waals surface area contributed by atoms with Gasteiger partial charge >= 0.3 is 0 Å². The van der Waals surface area contributed by atoms with Crippen molar-refractivity contribution in [2.24, 2.45) is 0 Å². The first-order valence-electron chi connectivity index (χ1n) is 7.02. The molecule has 1 fully saturated rings. The zero-order valence-electron chi connectivity index (χ0n) is 12.1. The van der Waals surface area contributed by atoms with E-state index in [1.165, 1.54) is 6.07 Å². The Morgan fingerprint density at radius 3 is 2.57 bits per heavy atom. The summed E-state index contributed by atoms with van der Waals surface area (Å²) in [7, 11) is 1.70. The van der Waals surface area contributed by atoms with Crippen molar-refractivity contribution >= 4 is 11.8 Å². The average Bonchev–Trinajstić information content (AvgIpc) is 3.21. The highest BCUT2D eigenvalue weighted by Crippen LogP contribution is 2.18. The molecule has 1 aromatic rings. The number of amides is 2. The summed E-state index contributed by atoms with van der Waals surface area (Å²) >= 11 is 0. The molecule has 5 nitrogen and oxygen atoms in total. The highest BCUT2D eigenvalue weighted by atomic mass is 19.1. The van der Waals surface area contributed by atoms with Crippen molar-refractivity contribution in [1.82, 2.24) is 15.5 Å². The second-order valence-corrected chi connectivity index (χ2v) is 5.38. The fraction of sp³-hybridized carbons (Fsp3) is 0.467. The topological polar surface area (TPSA) is 61.4 Å². The molecule has 2 amide bonds. The van der Waals surface area contributed by atoms with E-state index in [4.69, 9.17) is 0 Å². The predicted octanol–water partition coefficient (Wildman–Crippen LogP) is 0.652. The molecule has 0 aliphatic heterocycles. The number of hydrogen-bond donors (Lipinski definition) is 2. The third kappa shape index (κ3) is 5.51. The SMILES string of the molecule is CN(CC(=O)NCc1ccccc1F)CC(=O)NC1CC1. The summed E-state index contributed by atoms with van der Waals surface area (Å²) in [5.41, 5.74) is 0.444. The van der Waals surface area contributed by atoms with Crippen molar-refractivity contribution in [3.63, 3.8) is 0 Å². The normalized spacial score (nSPS) is 14.0. The molecule has 1 aromatic carbocycles. The molecule has 21 heavy (non-hydrogen) atoms. The minimum Gasteiger partial charge on any atom is -0.352 e. The lowest BCUT2D eigenvalue weighted by atomic mass is 10.2. The van der Waals surface area contributed by atoms with Crippen LogP contribution in [0.4, 0.5) is 4.39 Å². The number of rotatable bonds is 7. The molecule has 1 aliphatic carbocycles. The Morgan fingerprint density at radius 2 is 1.90 bits per heavy atom. The molecule has 0 spiro atoms. The fourth-order valence-electron chi connectivity index (χ4n) is 1.94. The van der Waals surface area contributed by atoms with Crippen LogP contribution in [-0.2, 0) is 16.1 Å². The second-order valence-electron chi connectivity index (χ2n) is 5.38. The van der Waals surface area contributed by atoms with Crippen LogP contribution in [0.5, 0.6) is 0 Å². The van der Waals surface area contributed by atoms with Gasteiger partial charge in [-0.05, 0) is 26.0 Å². The van der Waals surface area contributed by atoms with E-state index in [2.05, 4.69) is 10.6 Å². The zero-order valence-corrected chi connectivity index (χ0v) is 12.1. The van der Waals surface area contributed by atoms with Crippen LogP contribution in [0.15, 0.2) is 24.3 Å². The lowest BCUT2D eigenvalue weighted by molar-refractivity contribution is -0.124. The molecule has 1 aliphatic rings. The number of hydrogen-bond acceptors (Lipinski definition) is 3. The molecular formula is C15H20FN3O2. The second kappa shape index (κ2) is 7.17. The number of benzene rings is 1. The molecule has 2 rings (SSSR count). The molecule has 0 aromatic heterocycles. The van der Waals surface area contributed by atoms with Gasteiger partial charge in [0.15, 0.2) is 0 Å². The minimum atomic E-state index is -0.338. The third-order valence-electron chi connectivity index (χ3n) is 3.20. The van der Waals surface area contributed by atoms with Crippen molar-refractivity contribution in [3.8, 4) is 0 Å². The fourth-order valence-corrected chi connectivity index (χ4v) is 1.94. The maximum atomic E-state index is 13.4. The lowest BCUT2D eigenvalue weighted by Crippen LogP contribution is -2.41. The molecule has 1 saturated carbocycles. The standard InChI is InChI=1S/C15H20FN3O2/c1-19(10-15(21)18-12-6-7-12)9-14(20)17-8-11-4-2-3-5-13(11)16/h2-5,12H,6-10H2,1H3,(H,17,20)(H,18,21). The zero-order chi connectivity index (χ0) is 15.2. The first-order chi connectivity index (χ1) is 10.0. The Morgan fingerprint density at radius 1 is 1.24 bits per heavy atom. The molecule has 0 radical (unpaired) electrons. The van der Waals surface area contributed by atoms with E-state index in [0.717, 1.165) is 12.8 Å². The molecular weight excluding hydrogens is 273 g/mol. The molecule has 0 unspecified atom stereocenters. The number of likely N-dealkylation sites (N-methyl/N-ethyl adjacent to an activating group) is 1. The molecule has 2 N–H and O–H groups in total. The average molecular weight is 293 g/mol. The van der Waals surface area contributed by atoms with Gasteiger partial charge in [-0.15, -0.1) is 0 Å². The lowest BCUT2D eigenvalue weighted by Gasteiger charge is -2.16. The van der Waals surface area contributed by atoms with Crippen LogP contribution in [0.2, 0.25) is 0 Å². The highest BCUT2D eigenvalue weighted by molar-refractivity contribution is 5.81. The Balaban J connectivity index is 1.68. The number of halogens is 1. The predicted molar refractivity (Wildman–Crippen MR) is 76.9 cm³/mol. The third-order valence-corrected chi connectivity index (χ3v) is 3.20. The summed E-state index contributed by atoms with van der Waals surface area (Å²) in [5, 5.41) is 5.51. The van der Waals surface area contributed by atoms with Crippen molar-refractivity contribution in [3.05, 3.63) is 35.6 Å². The first kappa shape index (κ1) is 15.4. The van der Waals surface area contributed by atoms with Gasteiger partial charge in [-0.2, -0.15) is 0 Å². The Bertz CT molecular complexity index is 517. The monoisotopic (exact) mass is 293 g/mol. The number of nitrogens with zero attached hydrogens (tertiary/aromatic N) is 1. The minimum absolute atomic E-state index is 0.0677. The van der Waals surface area contributed by atoms with E-state index in [1.54, 1.807) is 30.1 Å². The summed E-state index contributed by atoms with van der Waals surface area (Å²) in [6.07, 6.45) is 2.08. The Labute approximate surface area is 123 Å². The molecule has 0 atom stereocenters. The van der Waals surface area contributed by atoms with Crippen LogP contribution < -0.4 is 10.6 Å². The van der Waals surface area contributed by atoms with Gasteiger partial charge in [-0.1, -0.05) is 18.2 Å². The van der Waals surface area contributed by atoms with Crippen molar-refractivity contribution in [2.45, 2.75) is 25.4 Å². The van der Waals surface area contributed by atoms with Gasteiger partial charge in [0.1, 0.15) is 5.82 Å². The molecule has 6 heteroatoms. The summed E-state index contributed by atoms with van der Waals surface area (Å²) in [6, 6.07) is 6.63. The largest absolute Gasteiger partial charge is 0.352 e. The summed E-state index contributed by atoms with van der Waals surface area (Å²) in [6.45, 7) is 0.434. The van der Waals surface area contributed by atoms with Crippen LogP contribution in [-0.4, -0.2) is 42.9 Å². The number of carbonyl (C=O) groups is 2. The van der Waals surface area contributed by atoms with Crippen LogP contribution >= 0.6 is 0 Å². The van der Waals surface area contributed by atoms with Crippen LogP contribution in [0, 0.1) is 5.82 Å². The van der Waals surface area contributed by atoms with Crippen molar-refractivity contribution in [2.75, 3.05) is 20.1 Å². The van der Waals surface area contributed by atoms with Crippen molar-refractivity contribution in [1.29, 1.82) is 0 Å². The van der Waals surface area contributed by atoms with E-state index in [9.17, 15) is 14.0 Å². The van der Waals surface area contributed by atoms with Crippen LogP contribution in [0.25, 0.3) is 0 Å². The quantitative estimate of drug-likeness (QED) is 0.776. The maximum Gasteiger partial charge on any atom is 0.234 e. The smallest absolute Gasteiger partial charge is 0.234 e. The summed E-state index contributed by atoms with van der Waals surface area (Å²) < 4.78 is 13.4.